The van der Waals surface area contributed by atoms with Crippen LogP contribution in [0.4, 0.5) is 0 Å². The first-order valence-corrected chi connectivity index (χ1v) is 7.37. The Kier molecular flexibility index (Phi) is 3.90. The monoisotopic (exact) mass is 314 g/mol. The molecule has 0 saturated carbocycles. The molecule has 0 bridgehead atoms. The third-order valence-electron chi connectivity index (χ3n) is 3.88. The number of halogens is 1. The van der Waals surface area contributed by atoms with Gasteiger partial charge in [-0.05, 0) is 30.2 Å². The maximum Gasteiger partial charge on any atom is 0.335 e. The Hall–Kier alpha value is -2.26. The van der Waals surface area contributed by atoms with Crippen molar-refractivity contribution >= 4 is 17.6 Å². The molecule has 22 heavy (non-hydrogen) atoms. The smallest absolute Gasteiger partial charge is 0.335 e. The van der Waals surface area contributed by atoms with Crippen molar-refractivity contribution in [3.63, 3.8) is 0 Å². The second kappa shape index (κ2) is 5.85. The Bertz CT molecular complexity index is 720. The summed E-state index contributed by atoms with van der Waals surface area (Å²) in [6.07, 6.45) is -0.339. The van der Waals surface area contributed by atoms with Crippen molar-refractivity contribution in [3.05, 3.63) is 82.1 Å². The van der Waals surface area contributed by atoms with Crippen LogP contribution in [0, 0.1) is 0 Å². The number of hydrogen-bond donors (Lipinski definition) is 1. The first-order valence-electron chi connectivity index (χ1n) is 6.99. The van der Waals surface area contributed by atoms with E-state index in [0.29, 0.717) is 16.4 Å². The van der Waals surface area contributed by atoms with E-state index >= 15 is 0 Å². The van der Waals surface area contributed by atoms with Gasteiger partial charge in [-0.3, -0.25) is 0 Å². The molecule has 3 nitrogen and oxygen atoms in total. The second-order valence-corrected chi connectivity index (χ2v) is 5.69. The molecule has 0 saturated heterocycles. The summed E-state index contributed by atoms with van der Waals surface area (Å²) in [6, 6.07) is 16.9. The van der Waals surface area contributed by atoms with E-state index in [0.717, 1.165) is 11.1 Å². The molecule has 4 heteroatoms. The summed E-state index contributed by atoms with van der Waals surface area (Å²) in [5, 5.41) is 10.2. The number of carboxylic acid groups (broad SMARTS) is 1. The van der Waals surface area contributed by atoms with Crippen molar-refractivity contribution in [1.82, 2.24) is 0 Å². The topological polar surface area (TPSA) is 46.5 Å². The lowest BCUT2D eigenvalue weighted by Crippen LogP contribution is -2.14. The van der Waals surface area contributed by atoms with Gasteiger partial charge in [-0.2, -0.15) is 0 Å². The third kappa shape index (κ3) is 2.60. The van der Waals surface area contributed by atoms with Crippen LogP contribution in [0.25, 0.3) is 0 Å². The van der Waals surface area contributed by atoms with Gasteiger partial charge in [-0.25, -0.2) is 4.79 Å². The van der Waals surface area contributed by atoms with Gasteiger partial charge < -0.3 is 9.84 Å². The molecule has 2 aromatic carbocycles. The largest absolute Gasteiger partial charge is 0.489 e. The molecule has 0 amide bonds. The fourth-order valence-electron chi connectivity index (χ4n) is 2.89. The quantitative estimate of drug-likeness (QED) is 0.903. The fourth-order valence-corrected chi connectivity index (χ4v) is 3.02. The van der Waals surface area contributed by atoms with E-state index < -0.39 is 5.97 Å². The SMILES string of the molecule is CC1=C(C(=O)O)[C@@H](c2ccc(Cl)cc2)[C@@H](c2ccccc2)O1. The van der Waals surface area contributed by atoms with Crippen LogP contribution in [-0.2, 0) is 9.53 Å². The lowest BCUT2D eigenvalue weighted by molar-refractivity contribution is -0.133. The summed E-state index contributed by atoms with van der Waals surface area (Å²) in [6.45, 7) is 1.70. The van der Waals surface area contributed by atoms with Crippen molar-refractivity contribution in [2.45, 2.75) is 18.9 Å². The average Bonchev–Trinajstić information content (AvgIpc) is 2.86. The lowest BCUT2D eigenvalue weighted by Gasteiger charge is -2.21. The van der Waals surface area contributed by atoms with Gasteiger partial charge >= 0.3 is 5.97 Å². The summed E-state index contributed by atoms with van der Waals surface area (Å²) >= 11 is 5.94. The third-order valence-corrected chi connectivity index (χ3v) is 4.14. The van der Waals surface area contributed by atoms with E-state index in [1.807, 2.05) is 42.5 Å². The number of ether oxygens (including phenoxy) is 1. The number of carboxylic acids is 1. The number of allylic oxidation sites excluding steroid dienone is 1. The van der Waals surface area contributed by atoms with Crippen LogP contribution in [0.2, 0.25) is 5.02 Å². The van der Waals surface area contributed by atoms with E-state index in [1.165, 1.54) is 0 Å². The number of hydrogen-bond acceptors (Lipinski definition) is 2. The molecule has 2 atom stereocenters. The minimum Gasteiger partial charge on any atom is -0.489 e. The Morgan fingerprint density at radius 3 is 2.27 bits per heavy atom. The van der Waals surface area contributed by atoms with Crippen LogP contribution in [0.1, 0.15) is 30.1 Å². The first kappa shape index (κ1) is 14.7. The van der Waals surface area contributed by atoms with Crippen molar-refractivity contribution in [2.75, 3.05) is 0 Å². The highest BCUT2D eigenvalue weighted by molar-refractivity contribution is 6.30. The van der Waals surface area contributed by atoms with Crippen molar-refractivity contribution in [1.29, 1.82) is 0 Å². The molecule has 0 aromatic heterocycles. The molecule has 2 aromatic rings. The van der Waals surface area contributed by atoms with Gasteiger partial charge in [0.25, 0.3) is 0 Å². The molecule has 1 heterocycles. The standard InChI is InChI=1S/C18H15ClO3/c1-11-15(18(20)21)16(12-7-9-14(19)10-8-12)17(22-11)13-5-3-2-4-6-13/h2-10,16-17H,1H3,(H,20,21)/t16-,17-/m1/s1. The number of aliphatic carboxylic acids is 1. The Labute approximate surface area is 133 Å². The molecule has 1 N–H and O–H groups in total. The van der Waals surface area contributed by atoms with E-state index in [1.54, 1.807) is 19.1 Å². The molecule has 1 aliphatic heterocycles. The molecule has 3 rings (SSSR count). The summed E-state index contributed by atoms with van der Waals surface area (Å²) in [4.78, 5) is 11.7. The zero-order valence-corrected chi connectivity index (χ0v) is 12.7. The van der Waals surface area contributed by atoms with E-state index in [9.17, 15) is 9.90 Å². The lowest BCUT2D eigenvalue weighted by atomic mass is 9.84. The molecule has 0 radical (unpaired) electrons. The highest BCUT2D eigenvalue weighted by Gasteiger charge is 2.40. The average molecular weight is 315 g/mol. The molecule has 0 fully saturated rings. The molecular formula is C18H15ClO3. The minimum absolute atomic E-state index is 0.302. The van der Waals surface area contributed by atoms with Gasteiger partial charge in [0, 0.05) is 5.02 Å². The molecular weight excluding hydrogens is 300 g/mol. The van der Waals surface area contributed by atoms with Crippen LogP contribution >= 0.6 is 11.6 Å². The normalized spacial score (nSPS) is 20.8. The van der Waals surface area contributed by atoms with Gasteiger partial charge in [-0.1, -0.05) is 54.1 Å². The molecule has 112 valence electrons. The summed E-state index contributed by atoms with van der Waals surface area (Å²) in [7, 11) is 0. The number of benzene rings is 2. The van der Waals surface area contributed by atoms with Crippen LogP contribution in [-0.4, -0.2) is 11.1 Å². The predicted molar refractivity (Wildman–Crippen MR) is 84.8 cm³/mol. The molecule has 0 aliphatic carbocycles. The second-order valence-electron chi connectivity index (χ2n) is 5.25. The van der Waals surface area contributed by atoms with Crippen LogP contribution in [0.3, 0.4) is 0 Å². The summed E-state index contributed by atoms with van der Waals surface area (Å²) in [5.74, 6) is -0.839. The van der Waals surface area contributed by atoms with Gasteiger partial charge in [0.1, 0.15) is 11.9 Å². The first-order chi connectivity index (χ1) is 10.6. The van der Waals surface area contributed by atoms with Gasteiger partial charge in [-0.15, -0.1) is 0 Å². The Morgan fingerprint density at radius 1 is 1.05 bits per heavy atom. The summed E-state index contributed by atoms with van der Waals surface area (Å²) < 4.78 is 5.88. The molecule has 0 spiro atoms. The Balaban J connectivity index is 2.09. The van der Waals surface area contributed by atoms with Gasteiger partial charge in [0.2, 0.25) is 0 Å². The maximum atomic E-state index is 11.7. The zero-order valence-electron chi connectivity index (χ0n) is 12.0. The van der Waals surface area contributed by atoms with E-state index in [4.69, 9.17) is 16.3 Å². The molecule has 0 unspecified atom stereocenters. The van der Waals surface area contributed by atoms with E-state index in [-0.39, 0.29) is 12.0 Å². The van der Waals surface area contributed by atoms with E-state index in [2.05, 4.69) is 0 Å². The highest BCUT2D eigenvalue weighted by atomic mass is 35.5. The summed E-state index contributed by atoms with van der Waals surface area (Å²) in [5.41, 5.74) is 2.14. The Morgan fingerprint density at radius 2 is 1.68 bits per heavy atom. The predicted octanol–water partition coefficient (Wildman–Crippen LogP) is 4.55. The van der Waals surface area contributed by atoms with Crippen molar-refractivity contribution in [3.8, 4) is 0 Å². The van der Waals surface area contributed by atoms with Crippen LogP contribution < -0.4 is 0 Å². The zero-order chi connectivity index (χ0) is 15.7. The number of rotatable bonds is 3. The van der Waals surface area contributed by atoms with Gasteiger partial charge in [0.15, 0.2) is 0 Å². The minimum atomic E-state index is -0.948. The van der Waals surface area contributed by atoms with Crippen LogP contribution in [0.15, 0.2) is 65.9 Å². The van der Waals surface area contributed by atoms with Crippen molar-refractivity contribution < 1.29 is 14.6 Å². The van der Waals surface area contributed by atoms with Crippen molar-refractivity contribution in [2.24, 2.45) is 0 Å². The number of carbonyl (C=O) groups is 1. The van der Waals surface area contributed by atoms with Gasteiger partial charge in [0.05, 0.1) is 11.5 Å². The molecule has 1 aliphatic rings. The maximum absolute atomic E-state index is 11.7. The fraction of sp³-hybridized carbons (Fsp3) is 0.167. The highest BCUT2D eigenvalue weighted by Crippen LogP contribution is 2.47. The van der Waals surface area contributed by atoms with Crippen LogP contribution in [0.5, 0.6) is 0 Å².